The molecule has 1 aliphatic carbocycles. The van der Waals surface area contributed by atoms with E-state index < -0.39 is 0 Å². The van der Waals surface area contributed by atoms with Gasteiger partial charge in [-0.2, -0.15) is 0 Å². The van der Waals surface area contributed by atoms with E-state index in [1.807, 2.05) is 11.9 Å². The van der Waals surface area contributed by atoms with Crippen LogP contribution in [0.1, 0.15) is 38.5 Å². The summed E-state index contributed by atoms with van der Waals surface area (Å²) in [6.45, 7) is 2.63. The molecule has 0 radical (unpaired) electrons. The molecule has 1 saturated carbocycles. The molecule has 98 valence electrons. The van der Waals surface area contributed by atoms with Gasteiger partial charge in [-0.1, -0.05) is 12.8 Å². The van der Waals surface area contributed by atoms with Crippen molar-refractivity contribution < 1.29 is 4.79 Å². The molecule has 2 N–H and O–H groups in total. The van der Waals surface area contributed by atoms with Crippen molar-refractivity contribution in [2.24, 2.45) is 5.73 Å². The Morgan fingerprint density at radius 3 is 2.59 bits per heavy atom. The second-order valence-electron chi connectivity index (χ2n) is 5.38. The molecule has 0 aromatic carbocycles. The fourth-order valence-electron chi connectivity index (χ4n) is 3.21. The van der Waals surface area contributed by atoms with Crippen molar-refractivity contribution in [3.05, 3.63) is 0 Å². The summed E-state index contributed by atoms with van der Waals surface area (Å²) in [5.74, 6) is 0.314. The van der Waals surface area contributed by atoms with Crippen molar-refractivity contribution in [1.82, 2.24) is 9.80 Å². The largest absolute Gasteiger partial charge is 0.344 e. The standard InChI is InChI=1S/C13H25N3O/c1-15-10-7-12(13(15)17)16(9-4-8-14)11-5-2-3-6-11/h11-12H,2-10,14H2,1H3. The van der Waals surface area contributed by atoms with Gasteiger partial charge in [-0.3, -0.25) is 9.69 Å². The summed E-state index contributed by atoms with van der Waals surface area (Å²) < 4.78 is 0. The molecule has 1 amide bonds. The summed E-state index contributed by atoms with van der Waals surface area (Å²) in [5, 5.41) is 0. The first-order valence-corrected chi connectivity index (χ1v) is 6.95. The van der Waals surface area contributed by atoms with Crippen molar-refractivity contribution in [3.8, 4) is 0 Å². The lowest BCUT2D eigenvalue weighted by Crippen LogP contribution is -2.46. The van der Waals surface area contributed by atoms with E-state index >= 15 is 0 Å². The predicted octanol–water partition coefficient (Wildman–Crippen LogP) is 0.811. The van der Waals surface area contributed by atoms with Crippen LogP contribution in [-0.4, -0.2) is 54.5 Å². The van der Waals surface area contributed by atoms with Crippen LogP contribution in [0.3, 0.4) is 0 Å². The van der Waals surface area contributed by atoms with E-state index in [9.17, 15) is 4.79 Å². The number of likely N-dealkylation sites (N-methyl/N-ethyl adjacent to an activating group) is 1. The molecule has 0 aromatic heterocycles. The summed E-state index contributed by atoms with van der Waals surface area (Å²) in [6, 6.07) is 0.761. The normalized spacial score (nSPS) is 26.4. The van der Waals surface area contributed by atoms with Gasteiger partial charge >= 0.3 is 0 Å². The second kappa shape index (κ2) is 5.83. The van der Waals surface area contributed by atoms with Crippen LogP contribution in [0.5, 0.6) is 0 Å². The number of carbonyl (C=O) groups is 1. The van der Waals surface area contributed by atoms with Crippen molar-refractivity contribution in [3.63, 3.8) is 0 Å². The molecule has 4 heteroatoms. The summed E-state index contributed by atoms with van der Waals surface area (Å²) in [4.78, 5) is 16.4. The van der Waals surface area contributed by atoms with Crippen molar-refractivity contribution in [1.29, 1.82) is 0 Å². The van der Waals surface area contributed by atoms with Crippen LogP contribution in [0.4, 0.5) is 0 Å². The number of likely N-dealkylation sites (tertiary alicyclic amines) is 1. The molecule has 2 aliphatic rings. The minimum Gasteiger partial charge on any atom is -0.344 e. The third-order valence-corrected chi connectivity index (χ3v) is 4.21. The van der Waals surface area contributed by atoms with E-state index in [0.717, 1.165) is 32.5 Å². The molecule has 1 heterocycles. The molecule has 17 heavy (non-hydrogen) atoms. The Balaban J connectivity index is 2.01. The molecule has 2 rings (SSSR count). The minimum absolute atomic E-state index is 0.134. The Kier molecular flexibility index (Phi) is 4.40. The van der Waals surface area contributed by atoms with Crippen LogP contribution in [0.25, 0.3) is 0 Å². The highest BCUT2D eigenvalue weighted by Crippen LogP contribution is 2.28. The molecule has 1 atom stereocenters. The monoisotopic (exact) mass is 239 g/mol. The predicted molar refractivity (Wildman–Crippen MR) is 68.7 cm³/mol. The van der Waals surface area contributed by atoms with E-state index in [0.29, 0.717) is 11.9 Å². The molecule has 0 bridgehead atoms. The first kappa shape index (κ1) is 12.8. The molecule has 1 unspecified atom stereocenters. The molecule has 4 nitrogen and oxygen atoms in total. The van der Waals surface area contributed by atoms with Gasteiger partial charge in [-0.15, -0.1) is 0 Å². The Morgan fingerprint density at radius 1 is 1.35 bits per heavy atom. The first-order valence-electron chi connectivity index (χ1n) is 6.95. The first-order chi connectivity index (χ1) is 8.24. The maximum atomic E-state index is 12.1. The SMILES string of the molecule is CN1CCC(N(CCCN)C2CCCC2)C1=O. The van der Waals surface area contributed by atoms with Gasteiger partial charge in [0.05, 0.1) is 6.04 Å². The number of hydrogen-bond donors (Lipinski definition) is 1. The molecule has 0 aromatic rings. The van der Waals surface area contributed by atoms with Gasteiger partial charge in [0.1, 0.15) is 0 Å². The summed E-state index contributed by atoms with van der Waals surface area (Å²) in [6.07, 6.45) is 7.16. The third-order valence-electron chi connectivity index (χ3n) is 4.21. The highest BCUT2D eigenvalue weighted by atomic mass is 16.2. The van der Waals surface area contributed by atoms with E-state index in [1.54, 1.807) is 0 Å². The van der Waals surface area contributed by atoms with E-state index in [-0.39, 0.29) is 6.04 Å². The Hall–Kier alpha value is -0.610. The van der Waals surface area contributed by atoms with Gasteiger partial charge < -0.3 is 10.6 Å². The smallest absolute Gasteiger partial charge is 0.239 e. The lowest BCUT2D eigenvalue weighted by molar-refractivity contribution is -0.131. The molecular weight excluding hydrogens is 214 g/mol. The zero-order chi connectivity index (χ0) is 12.3. The van der Waals surface area contributed by atoms with Gasteiger partial charge in [-0.05, 0) is 32.2 Å². The van der Waals surface area contributed by atoms with Crippen molar-refractivity contribution in [2.45, 2.75) is 50.6 Å². The zero-order valence-electron chi connectivity index (χ0n) is 10.9. The van der Waals surface area contributed by atoms with Crippen LogP contribution in [0.2, 0.25) is 0 Å². The second-order valence-corrected chi connectivity index (χ2v) is 5.38. The Morgan fingerprint density at radius 2 is 2.06 bits per heavy atom. The maximum absolute atomic E-state index is 12.1. The lowest BCUT2D eigenvalue weighted by atomic mass is 10.1. The summed E-state index contributed by atoms with van der Waals surface area (Å²) in [7, 11) is 1.91. The molecule has 1 aliphatic heterocycles. The summed E-state index contributed by atoms with van der Waals surface area (Å²) >= 11 is 0. The van der Waals surface area contributed by atoms with Crippen molar-refractivity contribution >= 4 is 5.91 Å². The third kappa shape index (κ3) is 2.80. The van der Waals surface area contributed by atoms with Crippen LogP contribution < -0.4 is 5.73 Å². The van der Waals surface area contributed by atoms with E-state index in [1.165, 1.54) is 25.7 Å². The number of rotatable bonds is 5. The van der Waals surface area contributed by atoms with Gasteiger partial charge in [0.2, 0.25) is 5.91 Å². The van der Waals surface area contributed by atoms with Gasteiger partial charge in [0, 0.05) is 26.2 Å². The fourth-order valence-corrected chi connectivity index (χ4v) is 3.21. The van der Waals surface area contributed by atoms with E-state index in [4.69, 9.17) is 5.73 Å². The van der Waals surface area contributed by atoms with E-state index in [2.05, 4.69) is 4.90 Å². The Bertz CT molecular complexity index is 263. The molecular formula is C13H25N3O. The minimum atomic E-state index is 0.134. The molecule has 2 fully saturated rings. The quantitative estimate of drug-likeness (QED) is 0.772. The van der Waals surface area contributed by atoms with Crippen LogP contribution in [0.15, 0.2) is 0 Å². The number of amides is 1. The number of nitrogens with zero attached hydrogens (tertiary/aromatic N) is 2. The van der Waals surface area contributed by atoms with Crippen molar-refractivity contribution in [2.75, 3.05) is 26.7 Å². The number of carbonyl (C=O) groups excluding carboxylic acids is 1. The lowest BCUT2D eigenvalue weighted by Gasteiger charge is -2.33. The maximum Gasteiger partial charge on any atom is 0.239 e. The average molecular weight is 239 g/mol. The highest BCUT2D eigenvalue weighted by Gasteiger charge is 2.37. The average Bonchev–Trinajstić information content (AvgIpc) is 2.94. The number of hydrogen-bond acceptors (Lipinski definition) is 3. The van der Waals surface area contributed by atoms with Gasteiger partial charge in [-0.25, -0.2) is 0 Å². The fraction of sp³-hybridized carbons (Fsp3) is 0.923. The van der Waals surface area contributed by atoms with Gasteiger partial charge in [0.15, 0.2) is 0 Å². The molecule has 1 saturated heterocycles. The molecule has 0 spiro atoms. The topological polar surface area (TPSA) is 49.6 Å². The Labute approximate surface area is 104 Å². The van der Waals surface area contributed by atoms with Crippen LogP contribution in [-0.2, 0) is 4.79 Å². The van der Waals surface area contributed by atoms with Crippen LogP contribution in [0, 0.1) is 0 Å². The zero-order valence-corrected chi connectivity index (χ0v) is 10.9. The summed E-state index contributed by atoms with van der Waals surface area (Å²) in [5.41, 5.74) is 5.61. The highest BCUT2D eigenvalue weighted by molar-refractivity contribution is 5.83. The van der Waals surface area contributed by atoms with Crippen LogP contribution >= 0.6 is 0 Å². The van der Waals surface area contributed by atoms with Gasteiger partial charge in [0.25, 0.3) is 0 Å². The number of nitrogens with two attached hydrogens (primary N) is 1.